The van der Waals surface area contributed by atoms with E-state index < -0.39 is 9.84 Å². The van der Waals surface area contributed by atoms with Gasteiger partial charge in [0.05, 0.1) is 58.5 Å². The molecule has 13 heteroatoms. The Morgan fingerprint density at radius 1 is 1.02 bits per heavy atom. The molecule has 2 fully saturated rings. The summed E-state index contributed by atoms with van der Waals surface area (Å²) in [5.74, 6) is 2.39. The number of esters is 1. The molecule has 0 unspecified atom stereocenters. The molecule has 0 radical (unpaired) electrons. The normalized spacial score (nSPS) is 19.4. The molecule has 1 aliphatic heterocycles. The summed E-state index contributed by atoms with van der Waals surface area (Å²) in [4.78, 5) is 36.8. The van der Waals surface area contributed by atoms with Gasteiger partial charge in [-0.15, -0.1) is 0 Å². The van der Waals surface area contributed by atoms with Crippen molar-refractivity contribution in [3.05, 3.63) is 48.5 Å². The highest BCUT2D eigenvalue weighted by Crippen LogP contribution is 2.30. The molecule has 0 atom stereocenters. The Kier molecular flexibility index (Phi) is 11.7. The van der Waals surface area contributed by atoms with Crippen LogP contribution in [0.4, 0.5) is 0 Å². The second-order valence-corrected chi connectivity index (χ2v) is 16.5. The second kappa shape index (κ2) is 15.8. The van der Waals surface area contributed by atoms with Gasteiger partial charge in [-0.3, -0.25) is 9.59 Å². The zero-order valence-electron chi connectivity index (χ0n) is 28.8. The zero-order valence-corrected chi connectivity index (χ0v) is 29.6. The van der Waals surface area contributed by atoms with Gasteiger partial charge in [0.2, 0.25) is 5.91 Å². The maximum atomic E-state index is 13.3. The summed E-state index contributed by atoms with van der Waals surface area (Å²) in [6.45, 7) is 2.90. The highest BCUT2D eigenvalue weighted by molar-refractivity contribution is 7.90. The second-order valence-electron chi connectivity index (χ2n) is 14.2. The average Bonchev–Trinajstić information content (AvgIpc) is 3.50. The molecule has 0 bridgehead atoms. The Morgan fingerprint density at radius 3 is 2.48 bits per heavy atom. The van der Waals surface area contributed by atoms with E-state index in [2.05, 4.69) is 31.4 Å². The number of nitrogens with one attached hydrogen (secondary N) is 1. The number of amides is 1. The lowest BCUT2D eigenvalue weighted by Gasteiger charge is -2.36. The summed E-state index contributed by atoms with van der Waals surface area (Å²) in [5.41, 5.74) is 0.942. The van der Waals surface area contributed by atoms with E-state index in [1.807, 2.05) is 46.0 Å². The molecule has 1 amide bonds. The van der Waals surface area contributed by atoms with Gasteiger partial charge in [-0.25, -0.2) is 18.4 Å². The topological polar surface area (TPSA) is 133 Å². The number of sulfone groups is 1. The number of carbonyl (C=O) groups excluding carboxylic acids is 2. The lowest BCUT2D eigenvalue weighted by molar-refractivity contribution is -0.869. The van der Waals surface area contributed by atoms with Gasteiger partial charge >= 0.3 is 5.97 Å². The predicted octanol–water partition coefficient (Wildman–Crippen LogP) is 3.51. The summed E-state index contributed by atoms with van der Waals surface area (Å²) in [6, 6.07) is 9.97. The van der Waals surface area contributed by atoms with Crippen molar-refractivity contribution >= 4 is 32.6 Å². The zero-order chi connectivity index (χ0) is 34.3. The van der Waals surface area contributed by atoms with Crippen molar-refractivity contribution in [1.29, 1.82) is 0 Å². The number of carbonyl (C=O) groups is 2. The van der Waals surface area contributed by atoms with Crippen LogP contribution in [0.3, 0.4) is 0 Å². The minimum atomic E-state index is -3.02. The lowest BCUT2D eigenvalue weighted by Crippen LogP contribution is -2.46. The number of ether oxygens (including phenoxy) is 2. The van der Waals surface area contributed by atoms with Crippen LogP contribution in [0.1, 0.15) is 57.2 Å². The van der Waals surface area contributed by atoms with Crippen molar-refractivity contribution in [3.63, 3.8) is 0 Å². The fourth-order valence-electron chi connectivity index (χ4n) is 6.48. The number of likely N-dealkylation sites (tertiary alicyclic amines) is 1. The Bertz CT molecular complexity index is 1650. The first-order valence-corrected chi connectivity index (χ1v) is 19.2. The van der Waals surface area contributed by atoms with Gasteiger partial charge in [0.1, 0.15) is 33.3 Å². The molecule has 5 rings (SSSR count). The lowest BCUT2D eigenvalue weighted by atomic mass is 9.84. The molecule has 12 nitrogen and oxygen atoms in total. The smallest absolute Gasteiger partial charge is 0.311 e. The van der Waals surface area contributed by atoms with Crippen LogP contribution in [0.2, 0.25) is 0 Å². The Labute approximate surface area is 284 Å². The van der Waals surface area contributed by atoms with Crippen LogP contribution in [0.25, 0.3) is 16.7 Å². The fraction of sp³-hybridized carbons (Fsp3) is 0.600. The summed E-state index contributed by atoms with van der Waals surface area (Å²) < 4.78 is 37.2. The molecule has 3 heterocycles. The minimum Gasteiger partial charge on any atom is -0.493 e. The van der Waals surface area contributed by atoms with Gasteiger partial charge in [0.25, 0.3) is 0 Å². The number of hydrogen-bond acceptors (Lipinski definition) is 9. The highest BCUT2D eigenvalue weighted by Gasteiger charge is 2.32. The van der Waals surface area contributed by atoms with Crippen LogP contribution in [-0.2, 0) is 30.7 Å². The van der Waals surface area contributed by atoms with E-state index in [1.165, 1.54) is 6.26 Å². The summed E-state index contributed by atoms with van der Waals surface area (Å²) in [7, 11) is 3.16. The maximum absolute atomic E-state index is 13.3. The van der Waals surface area contributed by atoms with E-state index in [0.717, 1.165) is 53.4 Å². The molecular formula is C35H51N6O6S+. The van der Waals surface area contributed by atoms with Crippen molar-refractivity contribution in [2.75, 3.05) is 59.4 Å². The number of nitrogens with zero attached hydrogens (tertiary/aromatic N) is 5. The fourth-order valence-corrected chi connectivity index (χ4v) is 7.12. The first-order chi connectivity index (χ1) is 22.8. The number of rotatable bonds is 14. The average molecular weight is 684 g/mol. The van der Waals surface area contributed by atoms with Gasteiger partial charge < -0.3 is 28.7 Å². The number of hydrogen-bond donors (Lipinski definition) is 1. The van der Waals surface area contributed by atoms with Crippen LogP contribution in [-0.4, -0.2) is 116 Å². The number of piperidine rings is 1. The van der Waals surface area contributed by atoms with Gasteiger partial charge in [0, 0.05) is 61.9 Å². The third-order valence-corrected chi connectivity index (χ3v) is 10.2. The number of quaternary nitrogens is 1. The van der Waals surface area contributed by atoms with Crippen LogP contribution < -0.4 is 10.1 Å². The van der Waals surface area contributed by atoms with Gasteiger partial charge in [0.15, 0.2) is 0 Å². The van der Waals surface area contributed by atoms with Crippen molar-refractivity contribution in [3.8, 4) is 11.6 Å². The molecule has 1 saturated carbocycles. The van der Waals surface area contributed by atoms with Crippen molar-refractivity contribution < 1.29 is 32.0 Å². The first kappa shape index (κ1) is 35.7. The molecule has 262 valence electrons. The van der Waals surface area contributed by atoms with Crippen molar-refractivity contribution in [1.82, 2.24) is 24.8 Å². The molecule has 1 saturated heterocycles. The standard InChI is InChI=1S/C35H51N6O6S/c1-41(2,3)22-17-34(42)47-28-14-19-39(20-15-28)35(43)26-9-11-27(12-10-26)37-25-32-36-18-13-33(38-32)40-21-16-29-30(40)7-5-8-31(29)46-23-6-24-48(4,44)45/h5,7-8,13,16,18,21,26-28,37H,6,9-12,14-15,17,19-20,22-25H2,1-4H3/q+1. The van der Waals surface area contributed by atoms with Gasteiger partial charge in [-0.05, 0) is 56.4 Å². The molecule has 3 aromatic rings. The van der Waals surface area contributed by atoms with E-state index in [4.69, 9.17) is 14.5 Å². The SMILES string of the molecule is C[N+](C)(C)CCC(=O)OC1CCN(C(=O)C2CCC(NCc3nccc(-n4ccc5c(OCCCS(C)(=O)=O)cccc54)n3)CC2)CC1. The molecule has 48 heavy (non-hydrogen) atoms. The third-order valence-electron chi connectivity index (χ3n) is 9.21. The van der Waals surface area contributed by atoms with Crippen molar-refractivity contribution in [2.45, 2.75) is 70.1 Å². The summed E-state index contributed by atoms with van der Waals surface area (Å²) in [6.07, 6.45) is 10.7. The van der Waals surface area contributed by atoms with Crippen LogP contribution >= 0.6 is 0 Å². The molecule has 2 aromatic heterocycles. The van der Waals surface area contributed by atoms with Gasteiger partial charge in [-0.1, -0.05) is 6.07 Å². The third kappa shape index (κ3) is 10.2. The molecule has 0 spiro atoms. The molecular weight excluding hydrogens is 632 g/mol. The molecule has 2 aliphatic rings. The van der Waals surface area contributed by atoms with E-state index >= 15 is 0 Å². The summed E-state index contributed by atoms with van der Waals surface area (Å²) >= 11 is 0. The van der Waals surface area contributed by atoms with E-state index in [0.29, 0.717) is 69.5 Å². The van der Waals surface area contributed by atoms with Crippen molar-refractivity contribution in [2.24, 2.45) is 5.92 Å². The predicted molar refractivity (Wildman–Crippen MR) is 184 cm³/mol. The van der Waals surface area contributed by atoms with E-state index in [9.17, 15) is 18.0 Å². The maximum Gasteiger partial charge on any atom is 0.311 e. The molecule has 1 aromatic carbocycles. The van der Waals surface area contributed by atoms with Crippen LogP contribution in [0.15, 0.2) is 42.7 Å². The minimum absolute atomic E-state index is 0.0434. The Morgan fingerprint density at radius 2 is 1.77 bits per heavy atom. The quantitative estimate of drug-likeness (QED) is 0.154. The van der Waals surface area contributed by atoms with Crippen LogP contribution in [0.5, 0.6) is 5.75 Å². The highest BCUT2D eigenvalue weighted by atomic mass is 32.2. The van der Waals surface area contributed by atoms with E-state index in [-0.39, 0.29) is 29.7 Å². The first-order valence-electron chi connectivity index (χ1n) is 17.1. The Hall–Kier alpha value is -3.55. The Balaban J connectivity index is 1.06. The number of benzene rings is 1. The van der Waals surface area contributed by atoms with E-state index in [1.54, 1.807) is 6.20 Å². The number of fused-ring (bicyclic) bond motifs is 1. The summed E-state index contributed by atoms with van der Waals surface area (Å²) in [5, 5.41) is 4.54. The monoisotopic (exact) mass is 683 g/mol. The number of aromatic nitrogens is 3. The van der Waals surface area contributed by atoms with Crippen LogP contribution in [0, 0.1) is 5.92 Å². The largest absolute Gasteiger partial charge is 0.493 e. The molecule has 1 aliphatic carbocycles. The van der Waals surface area contributed by atoms with Gasteiger partial charge in [-0.2, -0.15) is 0 Å². The molecule has 1 N–H and O–H groups in total.